The second kappa shape index (κ2) is 11.1. The van der Waals surface area contributed by atoms with Gasteiger partial charge in [-0.15, -0.1) is 11.3 Å². The van der Waals surface area contributed by atoms with Gasteiger partial charge >= 0.3 is 5.97 Å². The fourth-order valence-corrected chi connectivity index (χ4v) is 4.71. The summed E-state index contributed by atoms with van der Waals surface area (Å²) < 4.78 is 5.03. The second-order valence-corrected chi connectivity index (χ2v) is 9.18. The number of fused-ring (bicyclic) bond motifs is 1. The van der Waals surface area contributed by atoms with Crippen molar-refractivity contribution in [1.29, 1.82) is 0 Å². The minimum Gasteiger partial charge on any atom is -0.467 e. The van der Waals surface area contributed by atoms with Gasteiger partial charge in [-0.05, 0) is 42.5 Å². The maximum absolute atomic E-state index is 13.3. The molecule has 0 bridgehead atoms. The fourth-order valence-electron chi connectivity index (χ4n) is 4.04. The molecule has 11 heteroatoms. The van der Waals surface area contributed by atoms with Crippen LogP contribution in [0.4, 0.5) is 16.8 Å². The highest BCUT2D eigenvalue weighted by atomic mass is 32.1. The number of hydrogen-bond acceptors (Lipinski definition) is 9. The molecule has 0 fully saturated rings. The van der Waals surface area contributed by atoms with E-state index in [9.17, 15) is 9.59 Å². The van der Waals surface area contributed by atoms with Gasteiger partial charge in [0.15, 0.2) is 5.13 Å². The van der Waals surface area contributed by atoms with Crippen molar-refractivity contribution in [3.8, 4) is 11.4 Å². The lowest BCUT2D eigenvalue weighted by Gasteiger charge is -2.26. The Morgan fingerprint density at radius 3 is 2.66 bits per heavy atom. The standard InChI is InChI=1S/C27H25N7O3S/c1-28-26-29-11-10-21(33-26)22-15-18-14-17(8-9-20(18)31-22)24(35)32-23(25(36)37-2)16-34(27-30-12-13-38-27)19-6-4-3-5-7-19/h3-15,23,31H,16H2,1-2H3,(H,32,35)(H,28,29,33). The lowest BCUT2D eigenvalue weighted by molar-refractivity contribution is -0.142. The van der Waals surface area contributed by atoms with E-state index in [0.29, 0.717) is 16.6 Å². The first-order chi connectivity index (χ1) is 18.6. The zero-order valence-corrected chi connectivity index (χ0v) is 21.5. The van der Waals surface area contributed by atoms with Crippen LogP contribution in [0.15, 0.2) is 78.4 Å². The molecule has 38 heavy (non-hydrogen) atoms. The van der Waals surface area contributed by atoms with E-state index in [1.54, 1.807) is 37.6 Å². The van der Waals surface area contributed by atoms with Crippen molar-refractivity contribution >= 4 is 50.9 Å². The maximum atomic E-state index is 13.3. The molecule has 5 rings (SSSR count). The number of thiazole rings is 1. The molecule has 1 amide bonds. The molecule has 0 aliphatic rings. The Morgan fingerprint density at radius 1 is 1.08 bits per heavy atom. The minimum atomic E-state index is -0.935. The number of esters is 1. The molecule has 0 aliphatic carbocycles. The van der Waals surface area contributed by atoms with Gasteiger partial charge in [0.1, 0.15) is 6.04 Å². The number of carbonyl (C=O) groups is 2. The largest absolute Gasteiger partial charge is 0.467 e. The topological polar surface area (TPSA) is 125 Å². The van der Waals surface area contributed by atoms with E-state index in [-0.39, 0.29) is 6.54 Å². The van der Waals surface area contributed by atoms with E-state index in [1.165, 1.54) is 18.4 Å². The number of nitrogens with one attached hydrogen (secondary N) is 3. The number of anilines is 3. The van der Waals surface area contributed by atoms with Crippen LogP contribution in [0.1, 0.15) is 10.4 Å². The molecule has 0 spiro atoms. The van der Waals surface area contributed by atoms with Crippen molar-refractivity contribution in [1.82, 2.24) is 25.3 Å². The van der Waals surface area contributed by atoms with E-state index in [2.05, 4.69) is 30.6 Å². The Balaban J connectivity index is 1.39. The lowest BCUT2D eigenvalue weighted by Crippen LogP contribution is -2.48. The quantitative estimate of drug-likeness (QED) is 0.243. The van der Waals surface area contributed by atoms with E-state index in [0.717, 1.165) is 28.0 Å². The SMILES string of the molecule is CNc1nccc(-c2cc3cc(C(=O)NC(CN(c4ccccc4)c4nccs4)C(=O)OC)ccc3[nH]2)n1. The number of para-hydroxylation sites is 1. The zero-order chi connectivity index (χ0) is 26.5. The van der Waals surface area contributed by atoms with Crippen molar-refractivity contribution in [2.45, 2.75) is 6.04 Å². The van der Waals surface area contributed by atoms with Gasteiger partial charge in [-0.1, -0.05) is 18.2 Å². The van der Waals surface area contributed by atoms with Crippen molar-refractivity contribution in [2.75, 3.05) is 30.9 Å². The van der Waals surface area contributed by atoms with Crippen molar-refractivity contribution in [3.63, 3.8) is 0 Å². The van der Waals surface area contributed by atoms with Gasteiger partial charge in [0, 0.05) is 47.0 Å². The number of aromatic nitrogens is 4. The second-order valence-electron chi connectivity index (χ2n) is 8.31. The number of H-pyrrole nitrogens is 1. The third-order valence-corrected chi connectivity index (χ3v) is 6.71. The highest BCUT2D eigenvalue weighted by Gasteiger charge is 2.27. The van der Waals surface area contributed by atoms with Crippen molar-refractivity contribution in [3.05, 3.63) is 84.0 Å². The van der Waals surface area contributed by atoms with E-state index < -0.39 is 17.9 Å². The van der Waals surface area contributed by atoms with Crippen LogP contribution in [0.25, 0.3) is 22.3 Å². The molecule has 0 saturated carbocycles. The molecule has 0 saturated heterocycles. The number of nitrogens with zero attached hydrogens (tertiary/aromatic N) is 4. The highest BCUT2D eigenvalue weighted by molar-refractivity contribution is 7.13. The predicted molar refractivity (Wildman–Crippen MR) is 148 cm³/mol. The first kappa shape index (κ1) is 24.9. The molecule has 0 aliphatic heterocycles. The van der Waals surface area contributed by atoms with Crippen molar-refractivity contribution < 1.29 is 14.3 Å². The lowest BCUT2D eigenvalue weighted by atomic mass is 10.1. The Morgan fingerprint density at radius 2 is 1.92 bits per heavy atom. The fraction of sp³-hybridized carbons (Fsp3) is 0.148. The summed E-state index contributed by atoms with van der Waals surface area (Å²) in [4.78, 5) is 44.2. The number of aromatic amines is 1. The van der Waals surface area contributed by atoms with Gasteiger partial charge in [-0.3, -0.25) is 4.79 Å². The number of carbonyl (C=O) groups excluding carboxylic acids is 2. The van der Waals surface area contributed by atoms with Crippen LogP contribution in [-0.2, 0) is 9.53 Å². The number of ether oxygens (including phenoxy) is 1. The zero-order valence-electron chi connectivity index (χ0n) is 20.7. The molecule has 3 heterocycles. The third kappa shape index (κ3) is 5.32. The van der Waals surface area contributed by atoms with E-state index >= 15 is 0 Å². The summed E-state index contributed by atoms with van der Waals surface area (Å²) in [5.41, 5.74) is 3.63. The Labute approximate surface area is 222 Å². The molecule has 2 aromatic carbocycles. The minimum absolute atomic E-state index is 0.147. The normalized spacial score (nSPS) is 11.6. The first-order valence-electron chi connectivity index (χ1n) is 11.8. The van der Waals surface area contributed by atoms with Gasteiger partial charge in [-0.25, -0.2) is 19.7 Å². The van der Waals surface area contributed by atoms with Gasteiger partial charge in [0.2, 0.25) is 5.95 Å². The van der Waals surface area contributed by atoms with Gasteiger partial charge < -0.3 is 25.3 Å². The van der Waals surface area contributed by atoms with Gasteiger partial charge in [0.05, 0.1) is 25.0 Å². The maximum Gasteiger partial charge on any atom is 0.330 e. The molecule has 10 nitrogen and oxygen atoms in total. The number of benzene rings is 2. The van der Waals surface area contributed by atoms with Crippen LogP contribution in [0.3, 0.4) is 0 Å². The molecule has 0 radical (unpaired) electrons. The summed E-state index contributed by atoms with van der Waals surface area (Å²) in [6.07, 6.45) is 3.37. The van der Waals surface area contributed by atoms with Crippen LogP contribution in [-0.4, -0.2) is 58.6 Å². The average Bonchev–Trinajstić information content (AvgIpc) is 3.65. The van der Waals surface area contributed by atoms with E-state index in [4.69, 9.17) is 4.74 Å². The summed E-state index contributed by atoms with van der Waals surface area (Å²) in [5.74, 6) is -0.431. The van der Waals surface area contributed by atoms with Crippen LogP contribution < -0.4 is 15.5 Å². The van der Waals surface area contributed by atoms with E-state index in [1.807, 2.05) is 52.7 Å². The highest BCUT2D eigenvalue weighted by Crippen LogP contribution is 2.28. The summed E-state index contributed by atoms with van der Waals surface area (Å²) in [7, 11) is 3.06. The first-order valence-corrected chi connectivity index (χ1v) is 12.7. The van der Waals surface area contributed by atoms with Crippen LogP contribution in [0.2, 0.25) is 0 Å². The van der Waals surface area contributed by atoms with Crippen molar-refractivity contribution in [2.24, 2.45) is 0 Å². The Kier molecular flexibility index (Phi) is 7.27. The molecule has 1 atom stereocenters. The Bertz CT molecular complexity index is 1550. The molecule has 1 unspecified atom stereocenters. The monoisotopic (exact) mass is 527 g/mol. The molecule has 5 aromatic rings. The number of amides is 1. The average molecular weight is 528 g/mol. The molecule has 192 valence electrons. The molecular weight excluding hydrogens is 502 g/mol. The number of rotatable bonds is 9. The summed E-state index contributed by atoms with van der Waals surface area (Å²) in [5, 5.41) is 9.17. The summed E-state index contributed by atoms with van der Waals surface area (Å²) in [6, 6.07) is 17.7. The summed E-state index contributed by atoms with van der Waals surface area (Å²) in [6.45, 7) is 0.147. The third-order valence-electron chi connectivity index (χ3n) is 5.91. The smallest absolute Gasteiger partial charge is 0.330 e. The molecule has 3 N–H and O–H groups in total. The van der Waals surface area contributed by atoms with Gasteiger partial charge in [-0.2, -0.15) is 0 Å². The number of methoxy groups -OCH3 is 1. The number of hydrogen-bond donors (Lipinski definition) is 3. The Hall–Kier alpha value is -4.77. The van der Waals surface area contributed by atoms with Crippen LogP contribution >= 0.6 is 11.3 Å². The predicted octanol–water partition coefficient (Wildman–Crippen LogP) is 4.23. The summed E-state index contributed by atoms with van der Waals surface area (Å²) >= 11 is 1.44. The molecule has 3 aromatic heterocycles. The van der Waals surface area contributed by atoms with Crippen LogP contribution in [0.5, 0.6) is 0 Å². The van der Waals surface area contributed by atoms with Crippen LogP contribution in [0, 0.1) is 0 Å². The van der Waals surface area contributed by atoms with Gasteiger partial charge in [0.25, 0.3) is 5.91 Å². The molecular formula is C27H25N7O3S.